The molecule has 0 saturated carbocycles. The van der Waals surface area contributed by atoms with E-state index in [0.29, 0.717) is 23.5 Å². The summed E-state index contributed by atoms with van der Waals surface area (Å²) in [5.74, 6) is -0.0353. The van der Waals surface area contributed by atoms with Crippen LogP contribution in [0.25, 0.3) is 11.0 Å². The zero-order valence-electron chi connectivity index (χ0n) is 15.4. The molecule has 140 valence electrons. The van der Waals surface area contributed by atoms with Gasteiger partial charge in [-0.2, -0.15) is 0 Å². The largest absolute Gasteiger partial charge is 0.494 e. The van der Waals surface area contributed by atoms with Crippen molar-refractivity contribution in [2.45, 2.75) is 26.7 Å². The fourth-order valence-electron chi connectivity index (χ4n) is 2.67. The van der Waals surface area contributed by atoms with Crippen molar-refractivity contribution in [2.75, 3.05) is 6.61 Å². The first kappa shape index (κ1) is 18.5. The number of nitrogens with one attached hydrogen (secondary N) is 2. The van der Waals surface area contributed by atoms with Crippen molar-refractivity contribution in [3.8, 4) is 5.75 Å². The topological polar surface area (TPSA) is 80.6 Å². The Morgan fingerprint density at radius 2 is 1.70 bits per heavy atom. The Labute approximate surface area is 157 Å². The quantitative estimate of drug-likeness (QED) is 0.510. The van der Waals surface area contributed by atoms with Crippen molar-refractivity contribution >= 4 is 22.8 Å². The third-order valence-corrected chi connectivity index (χ3v) is 4.22. The number of rotatable bonds is 6. The van der Waals surface area contributed by atoms with Crippen LogP contribution in [0.5, 0.6) is 5.75 Å². The van der Waals surface area contributed by atoms with Crippen molar-refractivity contribution in [3.63, 3.8) is 0 Å². The lowest BCUT2D eigenvalue weighted by Crippen LogP contribution is -2.41. The molecule has 0 fully saturated rings. The highest BCUT2D eigenvalue weighted by Gasteiger charge is 2.18. The molecule has 2 N–H and O–H groups in total. The van der Waals surface area contributed by atoms with Gasteiger partial charge >= 0.3 is 5.91 Å². The first-order chi connectivity index (χ1) is 13.1. The van der Waals surface area contributed by atoms with Crippen LogP contribution >= 0.6 is 0 Å². The monoisotopic (exact) mass is 366 g/mol. The summed E-state index contributed by atoms with van der Waals surface area (Å²) in [5, 5.41) is 0.868. The summed E-state index contributed by atoms with van der Waals surface area (Å²) in [4.78, 5) is 24.5. The molecule has 27 heavy (non-hydrogen) atoms. The van der Waals surface area contributed by atoms with Crippen LogP contribution in [-0.4, -0.2) is 18.4 Å². The Hall–Kier alpha value is -3.28. The summed E-state index contributed by atoms with van der Waals surface area (Å²) in [6.45, 7) is 4.55. The molecule has 0 saturated heterocycles. The second-order valence-corrected chi connectivity index (χ2v) is 6.19. The number of furan rings is 1. The Morgan fingerprint density at radius 1 is 1.00 bits per heavy atom. The van der Waals surface area contributed by atoms with E-state index < -0.39 is 11.8 Å². The molecule has 0 unspecified atom stereocenters. The van der Waals surface area contributed by atoms with Crippen LogP contribution in [-0.2, 0) is 0 Å². The zero-order valence-corrected chi connectivity index (χ0v) is 15.4. The number of hydrazine groups is 1. The fourth-order valence-corrected chi connectivity index (χ4v) is 2.67. The molecule has 6 nitrogen and oxygen atoms in total. The summed E-state index contributed by atoms with van der Waals surface area (Å²) in [5.41, 5.74) is 6.57. The smallest absolute Gasteiger partial charge is 0.305 e. The molecule has 0 aliphatic carbocycles. The minimum absolute atomic E-state index is 0.177. The van der Waals surface area contributed by atoms with Gasteiger partial charge in [-0.15, -0.1) is 0 Å². The van der Waals surface area contributed by atoms with Gasteiger partial charge in [0, 0.05) is 16.5 Å². The van der Waals surface area contributed by atoms with Gasteiger partial charge < -0.3 is 9.15 Å². The number of amides is 2. The summed E-state index contributed by atoms with van der Waals surface area (Å²) in [7, 11) is 0. The molecule has 0 radical (unpaired) electrons. The normalized spacial score (nSPS) is 10.6. The molecule has 3 rings (SSSR count). The molecule has 0 aliphatic rings. The van der Waals surface area contributed by atoms with E-state index in [-0.39, 0.29) is 5.76 Å². The van der Waals surface area contributed by atoms with Crippen molar-refractivity contribution in [2.24, 2.45) is 0 Å². The summed E-state index contributed by atoms with van der Waals surface area (Å²) < 4.78 is 11.1. The second-order valence-electron chi connectivity index (χ2n) is 6.19. The summed E-state index contributed by atoms with van der Waals surface area (Å²) >= 11 is 0. The molecule has 3 aromatic rings. The Kier molecular flexibility index (Phi) is 5.76. The number of carbonyl (C=O) groups is 2. The maximum atomic E-state index is 12.3. The number of fused-ring (bicyclic) bond motifs is 1. The first-order valence-electron chi connectivity index (χ1n) is 8.92. The van der Waals surface area contributed by atoms with E-state index in [1.165, 1.54) is 0 Å². The Balaban J connectivity index is 1.59. The number of carbonyl (C=O) groups excluding carboxylic acids is 2. The minimum Gasteiger partial charge on any atom is -0.494 e. The van der Waals surface area contributed by atoms with Crippen LogP contribution in [0.1, 0.15) is 46.2 Å². The lowest BCUT2D eigenvalue weighted by molar-refractivity contribution is 0.0831. The van der Waals surface area contributed by atoms with E-state index in [9.17, 15) is 9.59 Å². The summed E-state index contributed by atoms with van der Waals surface area (Å²) in [6, 6.07) is 14.2. The van der Waals surface area contributed by atoms with Crippen LogP contribution in [0.2, 0.25) is 0 Å². The van der Waals surface area contributed by atoms with Gasteiger partial charge in [-0.25, -0.2) is 0 Å². The standard InChI is InChI=1S/C21H22N2O4/c1-3-4-13-26-16-11-9-15(10-12-16)20(24)22-23-21(25)19-14(2)17-7-5-6-8-18(17)27-19/h5-12H,3-4,13H2,1-2H3,(H,22,24)(H,23,25). The van der Waals surface area contributed by atoms with E-state index >= 15 is 0 Å². The number of benzene rings is 2. The Morgan fingerprint density at radius 3 is 2.41 bits per heavy atom. The average molecular weight is 366 g/mol. The SMILES string of the molecule is CCCCOc1ccc(C(=O)NNC(=O)c2oc3ccccc3c2C)cc1. The van der Waals surface area contributed by atoms with Crippen LogP contribution in [0.3, 0.4) is 0 Å². The molecule has 0 bridgehead atoms. The lowest BCUT2D eigenvalue weighted by Gasteiger charge is -2.08. The van der Waals surface area contributed by atoms with E-state index in [1.54, 1.807) is 37.3 Å². The van der Waals surface area contributed by atoms with E-state index in [1.807, 2.05) is 18.2 Å². The maximum Gasteiger partial charge on any atom is 0.305 e. The van der Waals surface area contributed by atoms with Gasteiger partial charge in [0.25, 0.3) is 5.91 Å². The predicted octanol–water partition coefficient (Wildman–Crippen LogP) is 3.99. The van der Waals surface area contributed by atoms with Crippen LogP contribution < -0.4 is 15.6 Å². The molecule has 2 aromatic carbocycles. The van der Waals surface area contributed by atoms with Crippen LogP contribution in [0.15, 0.2) is 52.9 Å². The van der Waals surface area contributed by atoms with Crippen molar-refractivity contribution in [1.82, 2.24) is 10.9 Å². The number of aryl methyl sites for hydroxylation is 1. The van der Waals surface area contributed by atoms with E-state index in [4.69, 9.17) is 9.15 Å². The van der Waals surface area contributed by atoms with Gasteiger partial charge in [0.1, 0.15) is 11.3 Å². The number of ether oxygens (including phenoxy) is 1. The molecule has 1 aromatic heterocycles. The third kappa shape index (κ3) is 4.28. The first-order valence-corrected chi connectivity index (χ1v) is 8.92. The van der Waals surface area contributed by atoms with Crippen LogP contribution in [0, 0.1) is 6.92 Å². The fraction of sp³-hybridized carbons (Fsp3) is 0.238. The van der Waals surface area contributed by atoms with Gasteiger partial charge in [-0.05, 0) is 43.7 Å². The van der Waals surface area contributed by atoms with Gasteiger partial charge in [0.05, 0.1) is 6.61 Å². The predicted molar refractivity (Wildman–Crippen MR) is 103 cm³/mol. The number of para-hydroxylation sites is 1. The van der Waals surface area contributed by atoms with Gasteiger partial charge in [0.2, 0.25) is 0 Å². The molecule has 2 amide bonds. The van der Waals surface area contributed by atoms with E-state index in [2.05, 4.69) is 17.8 Å². The molecule has 0 atom stereocenters. The number of unbranched alkanes of at least 4 members (excludes halogenated alkanes) is 1. The van der Waals surface area contributed by atoms with Gasteiger partial charge in [-0.1, -0.05) is 31.5 Å². The van der Waals surface area contributed by atoms with Crippen molar-refractivity contribution in [1.29, 1.82) is 0 Å². The summed E-state index contributed by atoms with van der Waals surface area (Å²) in [6.07, 6.45) is 2.04. The Bertz CT molecular complexity index is 944. The van der Waals surface area contributed by atoms with Crippen LogP contribution in [0.4, 0.5) is 0 Å². The zero-order chi connectivity index (χ0) is 19.2. The molecular weight excluding hydrogens is 344 g/mol. The van der Waals surface area contributed by atoms with Gasteiger partial charge in [-0.3, -0.25) is 20.4 Å². The highest BCUT2D eigenvalue weighted by atomic mass is 16.5. The molecule has 0 aliphatic heterocycles. The van der Waals surface area contributed by atoms with E-state index in [0.717, 1.165) is 23.8 Å². The molecule has 1 heterocycles. The van der Waals surface area contributed by atoms with Crippen molar-refractivity contribution in [3.05, 3.63) is 65.4 Å². The highest BCUT2D eigenvalue weighted by molar-refractivity contribution is 6.01. The molecular formula is C21H22N2O4. The lowest BCUT2D eigenvalue weighted by atomic mass is 10.1. The third-order valence-electron chi connectivity index (χ3n) is 4.22. The van der Waals surface area contributed by atoms with Gasteiger partial charge in [0.15, 0.2) is 5.76 Å². The van der Waals surface area contributed by atoms with Crippen molar-refractivity contribution < 1.29 is 18.7 Å². The second kappa shape index (κ2) is 8.40. The number of hydrogen-bond donors (Lipinski definition) is 2. The average Bonchev–Trinajstić information content (AvgIpc) is 3.04. The maximum absolute atomic E-state index is 12.3. The molecule has 6 heteroatoms. The minimum atomic E-state index is -0.503. The molecule has 0 spiro atoms. The highest BCUT2D eigenvalue weighted by Crippen LogP contribution is 2.24. The number of hydrogen-bond acceptors (Lipinski definition) is 4.